The minimum absolute atomic E-state index is 0.223. The van der Waals surface area contributed by atoms with Crippen molar-refractivity contribution in [1.82, 2.24) is 0 Å². The molecule has 5 nitrogen and oxygen atoms in total. The van der Waals surface area contributed by atoms with Crippen molar-refractivity contribution in [2.75, 3.05) is 18.0 Å². The van der Waals surface area contributed by atoms with Crippen molar-refractivity contribution in [3.05, 3.63) is 119 Å². The largest absolute Gasteiger partial charge is 0.508 e. The Hall–Kier alpha value is -4.77. The first kappa shape index (κ1) is 23.4. The molecule has 7 rings (SSSR count). The number of anilines is 1. The molecule has 39 heavy (non-hydrogen) atoms. The van der Waals surface area contributed by atoms with Gasteiger partial charge in [0.2, 0.25) is 0 Å². The van der Waals surface area contributed by atoms with Gasteiger partial charge in [0.05, 0.1) is 11.1 Å². The maximum Gasteiger partial charge on any atom is 0.340 e. The van der Waals surface area contributed by atoms with Crippen molar-refractivity contribution in [2.24, 2.45) is 0 Å². The van der Waals surface area contributed by atoms with Gasteiger partial charge < -0.3 is 19.5 Å². The van der Waals surface area contributed by atoms with Crippen molar-refractivity contribution in [2.45, 2.75) is 19.4 Å². The van der Waals surface area contributed by atoms with Gasteiger partial charge in [0.25, 0.3) is 0 Å². The molecule has 1 atom stereocenters. The number of benzene rings is 5. The smallest absolute Gasteiger partial charge is 0.340 e. The Labute approximate surface area is 226 Å². The molecule has 2 aliphatic heterocycles. The summed E-state index contributed by atoms with van der Waals surface area (Å²) in [5, 5.41) is 11.9. The van der Waals surface area contributed by atoms with Gasteiger partial charge in [0.15, 0.2) is 5.60 Å². The fourth-order valence-corrected chi connectivity index (χ4v) is 6.15. The first-order valence-electron chi connectivity index (χ1n) is 13.3. The molecule has 0 aliphatic carbocycles. The van der Waals surface area contributed by atoms with Gasteiger partial charge in [-0.15, -0.1) is 0 Å². The predicted molar refractivity (Wildman–Crippen MR) is 153 cm³/mol. The molecule has 0 bridgehead atoms. The summed E-state index contributed by atoms with van der Waals surface area (Å²) in [7, 11) is 0. The number of rotatable bonds is 4. The summed E-state index contributed by atoms with van der Waals surface area (Å²) in [5.41, 5.74) is 4.86. The fraction of sp³-hybridized carbons (Fsp3) is 0.147. The van der Waals surface area contributed by atoms with Gasteiger partial charge in [-0.1, -0.05) is 48.5 Å². The van der Waals surface area contributed by atoms with Crippen LogP contribution < -0.4 is 9.64 Å². The molecule has 0 fully saturated rings. The van der Waals surface area contributed by atoms with Gasteiger partial charge in [0, 0.05) is 36.0 Å². The van der Waals surface area contributed by atoms with Crippen LogP contribution in [0.25, 0.3) is 21.9 Å². The summed E-state index contributed by atoms with van der Waals surface area (Å²) in [5.74, 6) is 1.24. The predicted octanol–water partition coefficient (Wildman–Crippen LogP) is 7.63. The van der Waals surface area contributed by atoms with E-state index in [2.05, 4.69) is 43.0 Å². The molecular formula is C34H27NO4. The molecule has 2 heterocycles. The van der Waals surface area contributed by atoms with E-state index < -0.39 is 5.60 Å². The Morgan fingerprint density at radius 1 is 0.769 bits per heavy atom. The molecule has 5 aromatic carbocycles. The number of phenols is 1. The van der Waals surface area contributed by atoms with Gasteiger partial charge in [-0.3, -0.25) is 0 Å². The molecule has 0 amide bonds. The first-order chi connectivity index (χ1) is 19.0. The van der Waals surface area contributed by atoms with Crippen LogP contribution in [0, 0.1) is 0 Å². The highest BCUT2D eigenvalue weighted by atomic mass is 16.6. The van der Waals surface area contributed by atoms with Gasteiger partial charge in [0.1, 0.15) is 17.2 Å². The van der Waals surface area contributed by atoms with E-state index >= 15 is 0 Å². The highest BCUT2D eigenvalue weighted by Gasteiger charge is 2.54. The number of nitrogens with zero attached hydrogens (tertiary/aromatic N) is 1. The summed E-state index contributed by atoms with van der Waals surface area (Å²) in [4.78, 5) is 15.6. The monoisotopic (exact) mass is 513 g/mol. The summed E-state index contributed by atoms with van der Waals surface area (Å²) >= 11 is 0. The Kier molecular flexibility index (Phi) is 5.17. The number of hydrogen-bond acceptors (Lipinski definition) is 5. The van der Waals surface area contributed by atoms with Crippen LogP contribution >= 0.6 is 0 Å². The molecule has 1 spiro atoms. The van der Waals surface area contributed by atoms with E-state index in [1.807, 2.05) is 60.7 Å². The lowest BCUT2D eigenvalue weighted by atomic mass is 9.75. The average Bonchev–Trinajstić information content (AvgIpc) is 3.25. The van der Waals surface area contributed by atoms with E-state index in [9.17, 15) is 9.90 Å². The third-order valence-electron chi connectivity index (χ3n) is 7.98. The zero-order valence-corrected chi connectivity index (χ0v) is 21.8. The number of fused-ring (bicyclic) bond motifs is 8. The van der Waals surface area contributed by atoms with E-state index in [0.29, 0.717) is 17.1 Å². The molecule has 0 radical (unpaired) electrons. The summed E-state index contributed by atoms with van der Waals surface area (Å²) in [6, 6.07) is 31.2. The highest BCUT2D eigenvalue weighted by Crippen LogP contribution is 2.58. The minimum Gasteiger partial charge on any atom is -0.508 e. The Morgan fingerprint density at radius 3 is 2.41 bits per heavy atom. The van der Waals surface area contributed by atoms with Crippen LogP contribution in [0.3, 0.4) is 0 Å². The maximum atomic E-state index is 13.3. The molecular weight excluding hydrogens is 486 g/mol. The van der Waals surface area contributed by atoms with Crippen molar-refractivity contribution in [3.63, 3.8) is 0 Å². The van der Waals surface area contributed by atoms with Crippen LogP contribution in [-0.2, 0) is 10.3 Å². The number of esters is 1. The molecule has 1 unspecified atom stereocenters. The molecule has 5 heteroatoms. The molecule has 1 N–H and O–H groups in total. The second-order valence-corrected chi connectivity index (χ2v) is 10.00. The lowest BCUT2D eigenvalue weighted by Crippen LogP contribution is -2.33. The van der Waals surface area contributed by atoms with Crippen molar-refractivity contribution >= 4 is 22.4 Å². The third-order valence-corrected chi connectivity index (χ3v) is 7.98. The van der Waals surface area contributed by atoms with E-state index in [4.69, 9.17) is 9.47 Å². The number of aromatic hydroxyl groups is 1. The number of hydrogen-bond donors (Lipinski definition) is 1. The molecule has 0 saturated carbocycles. The Balaban J connectivity index is 1.50. The molecule has 0 saturated heterocycles. The first-order valence-corrected chi connectivity index (χ1v) is 13.3. The highest BCUT2D eigenvalue weighted by molar-refractivity contribution is 6.00. The van der Waals surface area contributed by atoms with Crippen LogP contribution in [0.1, 0.15) is 40.9 Å². The number of phenolic OH excluding ortho intramolecular Hbond substituents is 1. The van der Waals surface area contributed by atoms with Gasteiger partial charge >= 0.3 is 5.97 Å². The number of carbonyl (C=O) groups excluding carboxylic acids is 1. The van der Waals surface area contributed by atoms with E-state index in [-0.39, 0.29) is 11.7 Å². The normalized spacial score (nSPS) is 16.8. The van der Waals surface area contributed by atoms with E-state index in [1.54, 1.807) is 12.1 Å². The van der Waals surface area contributed by atoms with Crippen LogP contribution in [0.4, 0.5) is 5.69 Å². The maximum absolute atomic E-state index is 13.3. The van der Waals surface area contributed by atoms with Crippen molar-refractivity contribution in [1.29, 1.82) is 0 Å². The molecule has 192 valence electrons. The second kappa shape index (κ2) is 8.63. The Bertz CT molecular complexity index is 1790. The standard InChI is InChI=1S/C34H27NO4/c1-3-35(4-2)24-14-16-29-31(20-24)38-30-17-13-23-18-22(21-8-7-9-25(36)19-21)12-15-26(23)32(30)34(29)28-11-6-5-10-27(28)33(37)39-34/h5-20,36H,3-4H2,1-2H3. The van der Waals surface area contributed by atoms with Gasteiger partial charge in [-0.25, -0.2) is 4.79 Å². The van der Waals surface area contributed by atoms with Crippen LogP contribution in [0.15, 0.2) is 97.1 Å². The van der Waals surface area contributed by atoms with Crippen molar-refractivity contribution in [3.8, 4) is 28.4 Å². The van der Waals surface area contributed by atoms with Gasteiger partial charge in [-0.05, 0) is 78.2 Å². The lowest BCUT2D eigenvalue weighted by molar-refractivity contribution is 0.0229. The molecule has 2 aliphatic rings. The van der Waals surface area contributed by atoms with E-state index in [1.165, 1.54) is 0 Å². The topological polar surface area (TPSA) is 59.0 Å². The third kappa shape index (κ3) is 3.36. The SMILES string of the molecule is CCN(CC)c1ccc2c(c1)Oc1ccc3cc(-c4cccc(O)c4)ccc3c1C21OC(=O)c2ccccc21. The summed E-state index contributed by atoms with van der Waals surface area (Å²) < 4.78 is 13.0. The van der Waals surface area contributed by atoms with Crippen LogP contribution in [0.5, 0.6) is 17.2 Å². The van der Waals surface area contributed by atoms with Crippen molar-refractivity contribution < 1.29 is 19.4 Å². The second-order valence-electron chi connectivity index (χ2n) is 10.00. The van der Waals surface area contributed by atoms with Gasteiger partial charge in [-0.2, -0.15) is 0 Å². The fourth-order valence-electron chi connectivity index (χ4n) is 6.15. The van der Waals surface area contributed by atoms with E-state index in [0.717, 1.165) is 57.4 Å². The molecule has 0 aromatic heterocycles. The number of carbonyl (C=O) groups is 1. The average molecular weight is 514 g/mol. The quantitative estimate of drug-likeness (QED) is 0.251. The minimum atomic E-state index is -1.13. The lowest BCUT2D eigenvalue weighted by Gasteiger charge is -2.38. The van der Waals surface area contributed by atoms with Crippen LogP contribution in [-0.4, -0.2) is 24.2 Å². The summed E-state index contributed by atoms with van der Waals surface area (Å²) in [6.07, 6.45) is 0. The summed E-state index contributed by atoms with van der Waals surface area (Å²) in [6.45, 7) is 6.02. The zero-order valence-electron chi connectivity index (χ0n) is 21.8. The number of ether oxygens (including phenoxy) is 2. The zero-order chi connectivity index (χ0) is 26.7. The van der Waals surface area contributed by atoms with Crippen LogP contribution in [0.2, 0.25) is 0 Å². The molecule has 5 aromatic rings. The Morgan fingerprint density at radius 2 is 1.59 bits per heavy atom.